The summed E-state index contributed by atoms with van der Waals surface area (Å²) in [5.41, 5.74) is 0.949. The van der Waals surface area contributed by atoms with Gasteiger partial charge >= 0.3 is 5.69 Å². The molecule has 1 aromatic heterocycles. The molecule has 0 bridgehead atoms. The molecular formula is C25H34Cl3N5O3. The van der Waals surface area contributed by atoms with Crippen molar-refractivity contribution >= 4 is 42.1 Å². The van der Waals surface area contributed by atoms with Gasteiger partial charge in [0, 0.05) is 50.0 Å². The summed E-state index contributed by atoms with van der Waals surface area (Å²) >= 11 is 6.13. The van der Waals surface area contributed by atoms with Crippen LogP contribution in [0.2, 0.25) is 5.02 Å². The lowest BCUT2D eigenvalue weighted by molar-refractivity contribution is 0.179. The minimum atomic E-state index is -0.828. The molecule has 1 fully saturated rings. The first-order valence-corrected chi connectivity index (χ1v) is 12.2. The van der Waals surface area contributed by atoms with Crippen LogP contribution in [0, 0.1) is 0 Å². The maximum absolute atomic E-state index is 12.9. The molecule has 0 radical (unpaired) electrons. The van der Waals surface area contributed by atoms with Crippen molar-refractivity contribution in [3.05, 3.63) is 75.9 Å². The zero-order valence-corrected chi connectivity index (χ0v) is 22.7. The fraction of sp³-hybridized carbons (Fsp3) is 0.440. The number of anilines is 1. The molecule has 1 atom stereocenters. The van der Waals surface area contributed by atoms with Crippen LogP contribution in [0.15, 0.2) is 59.4 Å². The van der Waals surface area contributed by atoms with E-state index in [4.69, 9.17) is 16.3 Å². The second-order valence-electron chi connectivity index (χ2n) is 8.52. The Labute approximate surface area is 229 Å². The molecule has 0 amide bonds. The molecule has 8 nitrogen and oxygen atoms in total. The molecule has 2 aromatic carbocycles. The summed E-state index contributed by atoms with van der Waals surface area (Å²) in [6, 6.07) is 17.4. The molecule has 1 aliphatic heterocycles. The van der Waals surface area contributed by atoms with Gasteiger partial charge in [-0.25, -0.2) is 9.48 Å². The predicted molar refractivity (Wildman–Crippen MR) is 148 cm³/mol. The van der Waals surface area contributed by atoms with Gasteiger partial charge in [0.15, 0.2) is 5.82 Å². The molecule has 0 aliphatic carbocycles. The lowest BCUT2D eigenvalue weighted by Crippen LogP contribution is -2.46. The molecule has 1 saturated heterocycles. The van der Waals surface area contributed by atoms with Crippen molar-refractivity contribution in [2.45, 2.75) is 32.5 Å². The Morgan fingerprint density at radius 2 is 1.72 bits per heavy atom. The van der Waals surface area contributed by atoms with Gasteiger partial charge in [-0.3, -0.25) is 9.47 Å². The minimum Gasteiger partial charge on any atom is -0.492 e. The van der Waals surface area contributed by atoms with E-state index in [2.05, 4.69) is 21.0 Å². The standard InChI is InChI=1S/C25H32ClN5O3.2ClH/c1-20(32)24-27-31(25(33)30(24)17-18-34-23-9-3-2-4-10-23)12-6-11-28-13-15-29(16-14-28)22-8-5-7-21(26)19-22;;/h2-5,7-10,19-20,32H,6,11-18H2,1H3;2*1H. The topological polar surface area (TPSA) is 75.8 Å². The third kappa shape index (κ3) is 7.88. The molecule has 1 aliphatic rings. The van der Waals surface area contributed by atoms with Crippen molar-refractivity contribution in [1.29, 1.82) is 0 Å². The first-order valence-electron chi connectivity index (χ1n) is 11.8. The van der Waals surface area contributed by atoms with E-state index in [0.717, 1.165) is 55.6 Å². The van der Waals surface area contributed by atoms with Crippen LogP contribution in [0.25, 0.3) is 0 Å². The second kappa shape index (κ2) is 14.5. The van der Waals surface area contributed by atoms with E-state index in [1.165, 1.54) is 9.25 Å². The van der Waals surface area contributed by atoms with Crippen molar-refractivity contribution in [3.8, 4) is 5.75 Å². The van der Waals surface area contributed by atoms with Crippen molar-refractivity contribution in [1.82, 2.24) is 19.2 Å². The number of para-hydroxylation sites is 1. The number of nitrogens with zero attached hydrogens (tertiary/aromatic N) is 5. The third-order valence-electron chi connectivity index (χ3n) is 6.04. The first kappa shape index (κ1) is 30.0. The van der Waals surface area contributed by atoms with Crippen LogP contribution in [0.5, 0.6) is 5.75 Å². The Morgan fingerprint density at radius 3 is 2.39 bits per heavy atom. The van der Waals surface area contributed by atoms with E-state index in [0.29, 0.717) is 25.5 Å². The SMILES string of the molecule is CC(O)c1nn(CCCN2CCN(c3cccc(Cl)c3)CC2)c(=O)n1CCOc1ccccc1.Cl.Cl. The van der Waals surface area contributed by atoms with Crippen molar-refractivity contribution in [2.24, 2.45) is 0 Å². The van der Waals surface area contributed by atoms with E-state index in [1.807, 2.05) is 48.5 Å². The zero-order chi connectivity index (χ0) is 23.9. The number of aliphatic hydroxyl groups is 1. The number of aromatic nitrogens is 3. The highest BCUT2D eigenvalue weighted by atomic mass is 35.5. The fourth-order valence-corrected chi connectivity index (χ4v) is 4.43. The van der Waals surface area contributed by atoms with Crippen LogP contribution in [0.1, 0.15) is 25.3 Å². The third-order valence-corrected chi connectivity index (χ3v) is 6.28. The van der Waals surface area contributed by atoms with Gasteiger partial charge in [-0.2, -0.15) is 5.10 Å². The number of aliphatic hydroxyl groups excluding tert-OH is 1. The molecule has 2 heterocycles. The van der Waals surface area contributed by atoms with Crippen LogP contribution < -0.4 is 15.3 Å². The summed E-state index contributed by atoms with van der Waals surface area (Å²) in [5.74, 6) is 1.12. The van der Waals surface area contributed by atoms with Crippen LogP contribution in [-0.2, 0) is 13.1 Å². The van der Waals surface area contributed by atoms with E-state index in [1.54, 1.807) is 6.92 Å². The van der Waals surface area contributed by atoms with Crippen LogP contribution in [0.3, 0.4) is 0 Å². The molecule has 36 heavy (non-hydrogen) atoms. The summed E-state index contributed by atoms with van der Waals surface area (Å²) in [7, 11) is 0. The predicted octanol–water partition coefficient (Wildman–Crippen LogP) is 3.89. The zero-order valence-electron chi connectivity index (χ0n) is 20.3. The molecule has 198 valence electrons. The van der Waals surface area contributed by atoms with Gasteiger partial charge in [0.2, 0.25) is 0 Å². The quantitative estimate of drug-likeness (QED) is 0.407. The number of halogens is 3. The van der Waals surface area contributed by atoms with Gasteiger partial charge in [0.1, 0.15) is 18.5 Å². The molecule has 3 aromatic rings. The summed E-state index contributed by atoms with van der Waals surface area (Å²) in [4.78, 5) is 17.7. The maximum Gasteiger partial charge on any atom is 0.346 e. The molecule has 4 rings (SSSR count). The summed E-state index contributed by atoms with van der Waals surface area (Å²) in [6.07, 6.45) is -0.0151. The number of aryl methyl sites for hydroxylation is 1. The molecule has 1 N–H and O–H groups in total. The van der Waals surface area contributed by atoms with Crippen molar-refractivity contribution in [2.75, 3.05) is 44.2 Å². The van der Waals surface area contributed by atoms with Crippen LogP contribution in [0.4, 0.5) is 5.69 Å². The lowest BCUT2D eigenvalue weighted by atomic mass is 10.2. The lowest BCUT2D eigenvalue weighted by Gasteiger charge is -2.36. The van der Waals surface area contributed by atoms with E-state index in [-0.39, 0.29) is 30.5 Å². The maximum atomic E-state index is 12.9. The average Bonchev–Trinajstić information content (AvgIpc) is 3.16. The molecule has 11 heteroatoms. The Bertz CT molecular complexity index is 1120. The number of piperazine rings is 1. The largest absolute Gasteiger partial charge is 0.492 e. The Hall–Kier alpha value is -2.23. The highest BCUT2D eigenvalue weighted by Gasteiger charge is 2.19. The average molecular weight is 559 g/mol. The molecular weight excluding hydrogens is 525 g/mol. The van der Waals surface area contributed by atoms with Gasteiger partial charge in [0.25, 0.3) is 0 Å². The molecule has 0 spiro atoms. The Balaban J connectivity index is 0.00000228. The first-order chi connectivity index (χ1) is 16.5. The van der Waals surface area contributed by atoms with Crippen LogP contribution in [-0.4, -0.2) is 63.7 Å². The Morgan fingerprint density at radius 1 is 1.00 bits per heavy atom. The number of hydrogen-bond donors (Lipinski definition) is 1. The summed E-state index contributed by atoms with van der Waals surface area (Å²) < 4.78 is 8.70. The van der Waals surface area contributed by atoms with Gasteiger partial charge in [-0.1, -0.05) is 35.9 Å². The van der Waals surface area contributed by atoms with E-state index in [9.17, 15) is 9.90 Å². The molecule has 1 unspecified atom stereocenters. The monoisotopic (exact) mass is 557 g/mol. The number of rotatable bonds is 10. The van der Waals surface area contributed by atoms with Crippen molar-refractivity contribution < 1.29 is 9.84 Å². The van der Waals surface area contributed by atoms with Gasteiger partial charge < -0.3 is 14.7 Å². The number of ether oxygens (including phenoxy) is 1. The van der Waals surface area contributed by atoms with Gasteiger partial charge in [0.05, 0.1) is 6.54 Å². The number of benzene rings is 2. The highest BCUT2D eigenvalue weighted by molar-refractivity contribution is 6.30. The normalized spacial score (nSPS) is 14.6. The fourth-order valence-electron chi connectivity index (χ4n) is 4.24. The van der Waals surface area contributed by atoms with E-state index >= 15 is 0 Å². The smallest absolute Gasteiger partial charge is 0.346 e. The Kier molecular flexibility index (Phi) is 12.1. The number of hydrogen-bond acceptors (Lipinski definition) is 6. The summed E-state index contributed by atoms with van der Waals surface area (Å²) in [5, 5.41) is 15.3. The second-order valence-corrected chi connectivity index (χ2v) is 8.95. The van der Waals surface area contributed by atoms with Crippen LogP contribution >= 0.6 is 36.4 Å². The van der Waals surface area contributed by atoms with Crippen molar-refractivity contribution in [3.63, 3.8) is 0 Å². The van der Waals surface area contributed by atoms with E-state index < -0.39 is 6.10 Å². The highest BCUT2D eigenvalue weighted by Crippen LogP contribution is 2.20. The van der Waals surface area contributed by atoms with Gasteiger partial charge in [-0.05, 0) is 43.7 Å². The molecule has 0 saturated carbocycles. The summed E-state index contributed by atoms with van der Waals surface area (Å²) in [6.45, 7) is 7.51. The minimum absolute atomic E-state index is 0. The van der Waals surface area contributed by atoms with Gasteiger partial charge in [-0.15, -0.1) is 24.8 Å².